The summed E-state index contributed by atoms with van der Waals surface area (Å²) in [5, 5.41) is 3.18. The minimum atomic E-state index is -3.21. The average molecular weight is 403 g/mol. The molecule has 0 saturated carbocycles. The first-order valence-corrected chi connectivity index (χ1v) is 11.4. The van der Waals surface area contributed by atoms with Crippen LogP contribution in [0.2, 0.25) is 0 Å². The molecule has 2 aromatic rings. The van der Waals surface area contributed by atoms with Gasteiger partial charge >= 0.3 is 0 Å². The maximum absolute atomic E-state index is 12.6. The summed E-state index contributed by atoms with van der Waals surface area (Å²) in [6.07, 6.45) is 7.45. The van der Waals surface area contributed by atoms with Crippen LogP contribution in [0.15, 0.2) is 53.7 Å². The molecule has 0 aliphatic carbocycles. The third kappa shape index (κ3) is 5.62. The van der Waals surface area contributed by atoms with Gasteiger partial charge in [-0.05, 0) is 54.5 Å². The molecule has 1 aromatic carbocycles. The summed E-state index contributed by atoms with van der Waals surface area (Å²) >= 11 is 0. The summed E-state index contributed by atoms with van der Waals surface area (Å²) < 4.78 is 28.5. The van der Waals surface area contributed by atoms with Crippen molar-refractivity contribution >= 4 is 15.7 Å². The molecule has 2 heterocycles. The zero-order chi connectivity index (χ0) is 20.0. The topological polar surface area (TPSA) is 85.4 Å². The molecule has 1 fully saturated rings. The second-order valence-corrected chi connectivity index (χ2v) is 9.21. The standard InChI is InChI=1S/C21H26N2O4S/c1-28(25,26)19-7-4-16(5-8-19)6-9-20(24)23-21(17-10-13-27-14-11-17)18-3-2-12-22-15-18/h2-5,7-8,12,15,17,21H,6,9-11,13-14H2,1H3,(H,23,24)/t21-/m1/s1. The van der Waals surface area contributed by atoms with Gasteiger partial charge < -0.3 is 10.1 Å². The lowest BCUT2D eigenvalue weighted by Gasteiger charge is -2.31. The molecule has 7 heteroatoms. The number of amides is 1. The van der Waals surface area contributed by atoms with Crippen LogP contribution in [0.5, 0.6) is 0 Å². The Morgan fingerprint density at radius 1 is 1.21 bits per heavy atom. The van der Waals surface area contributed by atoms with Crippen LogP contribution in [0, 0.1) is 5.92 Å². The number of nitrogens with zero attached hydrogens (tertiary/aromatic N) is 1. The summed E-state index contributed by atoms with van der Waals surface area (Å²) in [4.78, 5) is 17.1. The average Bonchev–Trinajstić information content (AvgIpc) is 2.71. The van der Waals surface area contributed by atoms with Gasteiger partial charge in [-0.1, -0.05) is 18.2 Å². The summed E-state index contributed by atoms with van der Waals surface area (Å²) in [6, 6.07) is 10.5. The van der Waals surface area contributed by atoms with Crippen molar-refractivity contribution in [1.29, 1.82) is 0 Å². The molecule has 1 amide bonds. The fraction of sp³-hybridized carbons (Fsp3) is 0.429. The number of pyridine rings is 1. The van der Waals surface area contributed by atoms with Gasteiger partial charge in [-0.3, -0.25) is 9.78 Å². The van der Waals surface area contributed by atoms with E-state index >= 15 is 0 Å². The fourth-order valence-electron chi connectivity index (χ4n) is 3.49. The van der Waals surface area contributed by atoms with E-state index in [1.165, 1.54) is 6.26 Å². The number of hydrogen-bond acceptors (Lipinski definition) is 5. The van der Waals surface area contributed by atoms with E-state index in [1.54, 1.807) is 30.5 Å². The zero-order valence-corrected chi connectivity index (χ0v) is 16.8. The van der Waals surface area contributed by atoms with E-state index in [-0.39, 0.29) is 16.8 Å². The Morgan fingerprint density at radius 3 is 2.54 bits per heavy atom. The van der Waals surface area contributed by atoms with Gasteiger partial charge in [-0.25, -0.2) is 8.42 Å². The van der Waals surface area contributed by atoms with E-state index in [1.807, 2.05) is 18.3 Å². The molecule has 0 spiro atoms. The Kier molecular flexibility index (Phi) is 6.80. The summed E-state index contributed by atoms with van der Waals surface area (Å²) in [7, 11) is -3.21. The number of hydrogen-bond donors (Lipinski definition) is 1. The van der Waals surface area contributed by atoms with Gasteiger partial charge in [0.05, 0.1) is 10.9 Å². The van der Waals surface area contributed by atoms with E-state index in [9.17, 15) is 13.2 Å². The number of sulfone groups is 1. The van der Waals surface area contributed by atoms with E-state index < -0.39 is 9.84 Å². The number of ether oxygens (including phenoxy) is 1. The summed E-state index contributed by atoms with van der Waals surface area (Å²) in [6.45, 7) is 1.42. The van der Waals surface area contributed by atoms with Crippen LogP contribution in [0.25, 0.3) is 0 Å². The normalized spacial score (nSPS) is 16.5. The van der Waals surface area contributed by atoms with Gasteiger partial charge in [-0.2, -0.15) is 0 Å². The van der Waals surface area contributed by atoms with Gasteiger partial charge in [0, 0.05) is 38.3 Å². The van der Waals surface area contributed by atoms with Crippen LogP contribution in [0.1, 0.15) is 36.4 Å². The predicted molar refractivity (Wildman–Crippen MR) is 107 cm³/mol. The van der Waals surface area contributed by atoms with Crippen LogP contribution >= 0.6 is 0 Å². The molecule has 6 nitrogen and oxygen atoms in total. The molecular formula is C21H26N2O4S. The maximum atomic E-state index is 12.6. The Bertz CT molecular complexity index is 876. The highest BCUT2D eigenvalue weighted by Crippen LogP contribution is 2.29. The van der Waals surface area contributed by atoms with E-state index in [0.717, 1.165) is 24.0 Å². The molecule has 1 N–H and O–H groups in total. The van der Waals surface area contributed by atoms with Crippen molar-refractivity contribution in [2.45, 2.75) is 36.6 Å². The first-order valence-electron chi connectivity index (χ1n) is 9.49. The van der Waals surface area contributed by atoms with Gasteiger partial charge in [0.15, 0.2) is 9.84 Å². The number of rotatable bonds is 7. The molecule has 1 aliphatic heterocycles. The number of carbonyl (C=O) groups excluding carboxylic acids is 1. The fourth-order valence-corrected chi connectivity index (χ4v) is 4.12. The second-order valence-electron chi connectivity index (χ2n) is 7.20. The van der Waals surface area contributed by atoms with Crippen molar-refractivity contribution in [3.8, 4) is 0 Å². The van der Waals surface area contributed by atoms with Crippen molar-refractivity contribution in [3.05, 3.63) is 59.9 Å². The van der Waals surface area contributed by atoms with Gasteiger partial charge in [0.2, 0.25) is 5.91 Å². The lowest BCUT2D eigenvalue weighted by Crippen LogP contribution is -2.36. The SMILES string of the molecule is CS(=O)(=O)c1ccc(CCC(=O)N[C@@H](c2cccnc2)C2CCOCC2)cc1. The highest BCUT2D eigenvalue weighted by molar-refractivity contribution is 7.90. The van der Waals surface area contributed by atoms with Crippen LogP contribution < -0.4 is 5.32 Å². The van der Waals surface area contributed by atoms with Crippen molar-refractivity contribution in [2.24, 2.45) is 5.92 Å². The zero-order valence-electron chi connectivity index (χ0n) is 16.0. The molecular weight excluding hydrogens is 376 g/mol. The Labute approximate surface area is 166 Å². The summed E-state index contributed by atoms with van der Waals surface area (Å²) in [5.41, 5.74) is 1.95. The Morgan fingerprint density at radius 2 is 1.93 bits per heavy atom. The number of aromatic nitrogens is 1. The van der Waals surface area contributed by atoms with Crippen molar-refractivity contribution in [1.82, 2.24) is 10.3 Å². The Balaban J connectivity index is 1.62. The number of carbonyl (C=O) groups is 1. The highest BCUT2D eigenvalue weighted by Gasteiger charge is 2.27. The lowest BCUT2D eigenvalue weighted by atomic mass is 9.87. The number of benzene rings is 1. The number of aryl methyl sites for hydroxylation is 1. The van der Waals surface area contributed by atoms with Crippen molar-refractivity contribution in [2.75, 3.05) is 19.5 Å². The van der Waals surface area contributed by atoms with Crippen molar-refractivity contribution in [3.63, 3.8) is 0 Å². The molecule has 0 radical (unpaired) electrons. The monoisotopic (exact) mass is 402 g/mol. The first-order chi connectivity index (χ1) is 13.4. The van der Waals surface area contributed by atoms with E-state index in [2.05, 4.69) is 10.3 Å². The maximum Gasteiger partial charge on any atom is 0.220 e. The third-order valence-electron chi connectivity index (χ3n) is 5.09. The second kappa shape index (κ2) is 9.30. The minimum absolute atomic E-state index is 0.0208. The lowest BCUT2D eigenvalue weighted by molar-refractivity contribution is -0.122. The van der Waals surface area contributed by atoms with E-state index in [4.69, 9.17) is 4.74 Å². The first kappa shape index (κ1) is 20.5. The van der Waals surface area contributed by atoms with Gasteiger partial charge in [0.1, 0.15) is 0 Å². The molecule has 1 aromatic heterocycles. The molecule has 1 saturated heterocycles. The molecule has 1 atom stereocenters. The van der Waals surface area contributed by atoms with Crippen LogP contribution in [-0.2, 0) is 25.8 Å². The van der Waals surface area contributed by atoms with Crippen LogP contribution in [0.3, 0.4) is 0 Å². The smallest absolute Gasteiger partial charge is 0.220 e. The molecule has 0 unspecified atom stereocenters. The Hall–Kier alpha value is -2.25. The third-order valence-corrected chi connectivity index (χ3v) is 6.22. The molecule has 3 rings (SSSR count). The predicted octanol–water partition coefficient (Wildman–Crippen LogP) is 2.70. The minimum Gasteiger partial charge on any atom is -0.381 e. The summed E-state index contributed by atoms with van der Waals surface area (Å²) in [5.74, 6) is 0.309. The molecule has 0 bridgehead atoms. The molecule has 1 aliphatic rings. The number of nitrogens with one attached hydrogen (secondary N) is 1. The quantitative estimate of drug-likeness (QED) is 0.770. The van der Waals surface area contributed by atoms with Crippen LogP contribution in [-0.4, -0.2) is 38.8 Å². The molecule has 28 heavy (non-hydrogen) atoms. The highest BCUT2D eigenvalue weighted by atomic mass is 32.2. The molecule has 150 valence electrons. The largest absolute Gasteiger partial charge is 0.381 e. The van der Waals surface area contributed by atoms with Crippen molar-refractivity contribution < 1.29 is 17.9 Å². The van der Waals surface area contributed by atoms with Crippen LogP contribution in [0.4, 0.5) is 0 Å². The van der Waals surface area contributed by atoms with E-state index in [0.29, 0.717) is 32.0 Å². The van der Waals surface area contributed by atoms with Gasteiger partial charge in [-0.15, -0.1) is 0 Å². The van der Waals surface area contributed by atoms with Gasteiger partial charge in [0.25, 0.3) is 0 Å².